The van der Waals surface area contributed by atoms with Gasteiger partial charge in [-0.3, -0.25) is 4.90 Å². The average molecular weight is 658 g/mol. The summed E-state index contributed by atoms with van der Waals surface area (Å²) >= 11 is 0. The second-order valence-corrected chi connectivity index (χ2v) is 12.7. The molecule has 0 saturated heterocycles. The van der Waals surface area contributed by atoms with Crippen LogP contribution in [0.15, 0.2) is 127 Å². The van der Waals surface area contributed by atoms with Crippen molar-refractivity contribution < 1.29 is 33.6 Å². The molecule has 49 heavy (non-hydrogen) atoms. The Morgan fingerprint density at radius 1 is 0.796 bits per heavy atom. The van der Waals surface area contributed by atoms with E-state index >= 15 is 0 Å². The van der Waals surface area contributed by atoms with Gasteiger partial charge >= 0.3 is 12.1 Å². The number of likely N-dealkylation sites (N-methyl/N-ethyl adjacent to an activating group) is 1. The van der Waals surface area contributed by atoms with Crippen LogP contribution < -0.4 is 4.74 Å². The van der Waals surface area contributed by atoms with Gasteiger partial charge in [0.15, 0.2) is 5.54 Å². The van der Waals surface area contributed by atoms with Gasteiger partial charge in [-0.15, -0.1) is 0 Å². The van der Waals surface area contributed by atoms with E-state index in [9.17, 15) is 14.7 Å². The number of ether oxygens (including phenoxy) is 4. The lowest BCUT2D eigenvalue weighted by atomic mass is 9.76. The van der Waals surface area contributed by atoms with E-state index in [1.165, 1.54) is 11.9 Å². The third-order valence-corrected chi connectivity index (χ3v) is 10.3. The molecule has 0 heterocycles. The van der Waals surface area contributed by atoms with Crippen LogP contribution in [0.1, 0.15) is 47.4 Å². The van der Waals surface area contributed by atoms with Crippen molar-refractivity contribution in [1.29, 1.82) is 0 Å². The summed E-state index contributed by atoms with van der Waals surface area (Å²) in [5.74, 6) is 0.234. The molecule has 0 aliphatic heterocycles. The lowest BCUT2D eigenvalue weighted by Crippen LogP contribution is -2.49. The van der Waals surface area contributed by atoms with Crippen molar-refractivity contribution in [1.82, 2.24) is 4.90 Å². The topological polar surface area (TPSA) is 94.5 Å². The van der Waals surface area contributed by atoms with Crippen molar-refractivity contribution in [3.8, 4) is 16.9 Å². The maximum Gasteiger partial charge on any atom is 0.410 e. The first-order valence-corrected chi connectivity index (χ1v) is 16.5. The van der Waals surface area contributed by atoms with Crippen molar-refractivity contribution in [2.45, 2.75) is 42.4 Å². The largest absolute Gasteiger partial charge is 0.501 e. The fourth-order valence-electron chi connectivity index (χ4n) is 7.48. The monoisotopic (exact) mass is 657 g/mol. The molecule has 1 amide bonds. The van der Waals surface area contributed by atoms with E-state index in [1.807, 2.05) is 103 Å². The van der Waals surface area contributed by atoms with E-state index in [4.69, 9.17) is 18.9 Å². The molecule has 3 atom stereocenters. The number of hydrogen-bond donors (Lipinski definition) is 1. The SMILES string of the molecule is COC1=CC=C(C(OC2CC2(C(=O)O)N(C)C(=O)OCC2c3ccccc3-c3ccccc32)(c2ccccc2)c2ccc(OC)cc2)CC1. The molecule has 0 bridgehead atoms. The minimum absolute atomic E-state index is 0.0826. The van der Waals surface area contributed by atoms with Crippen LogP contribution in [0.4, 0.5) is 4.79 Å². The number of carbonyl (C=O) groups excluding carboxylic acids is 1. The predicted octanol–water partition coefficient (Wildman–Crippen LogP) is 7.68. The highest BCUT2D eigenvalue weighted by atomic mass is 16.6. The van der Waals surface area contributed by atoms with Crippen LogP contribution in [0, 0.1) is 0 Å². The normalized spacial score (nSPS) is 20.5. The maximum absolute atomic E-state index is 13.7. The number of allylic oxidation sites excluding steroid dienone is 3. The molecular weight excluding hydrogens is 618 g/mol. The van der Waals surface area contributed by atoms with E-state index in [1.54, 1.807) is 14.2 Å². The molecule has 1 saturated carbocycles. The van der Waals surface area contributed by atoms with E-state index < -0.39 is 29.3 Å². The lowest BCUT2D eigenvalue weighted by Gasteiger charge is -2.40. The summed E-state index contributed by atoms with van der Waals surface area (Å²) in [6, 6.07) is 33.6. The Kier molecular flexibility index (Phi) is 8.50. The van der Waals surface area contributed by atoms with Crippen LogP contribution in [0.5, 0.6) is 5.75 Å². The minimum atomic E-state index is -1.63. The third-order valence-electron chi connectivity index (χ3n) is 10.3. The van der Waals surface area contributed by atoms with Gasteiger partial charge in [0.25, 0.3) is 0 Å². The van der Waals surface area contributed by atoms with Crippen LogP contribution in [-0.4, -0.2) is 61.6 Å². The zero-order valence-corrected chi connectivity index (χ0v) is 27.8. The summed E-state index contributed by atoms with van der Waals surface area (Å²) in [6.45, 7) is 0.0826. The molecule has 4 aromatic rings. The minimum Gasteiger partial charge on any atom is -0.501 e. The molecule has 3 unspecified atom stereocenters. The van der Waals surface area contributed by atoms with Gasteiger partial charge in [0.1, 0.15) is 18.0 Å². The number of carboxylic acids is 1. The summed E-state index contributed by atoms with van der Waals surface area (Å²) in [6.07, 6.45) is 3.75. The fourth-order valence-corrected chi connectivity index (χ4v) is 7.48. The zero-order valence-electron chi connectivity index (χ0n) is 27.8. The standard InChI is InChI=1S/C41H39NO7/c1-42(39(45)48-26-36-34-15-9-7-13-32(34)33-14-8-10-16-35(33)36)40(38(43)44)25-37(40)49-41(27-11-5-4-6-12-27,28-17-21-30(46-2)22-18-28)29-19-23-31(47-3)24-20-29/h4-19,21-23,36-37H,20,24-26H2,1-3H3,(H,43,44). The number of hydrogen-bond acceptors (Lipinski definition) is 6. The number of benzene rings is 4. The Morgan fingerprint density at radius 2 is 1.41 bits per heavy atom. The molecule has 4 aromatic carbocycles. The Bertz CT molecular complexity index is 1890. The summed E-state index contributed by atoms with van der Waals surface area (Å²) in [5.41, 5.74) is 4.21. The van der Waals surface area contributed by atoms with Crippen molar-refractivity contribution in [3.05, 3.63) is 149 Å². The average Bonchev–Trinajstić information content (AvgIpc) is 3.80. The highest BCUT2D eigenvalue weighted by Crippen LogP contribution is 2.53. The molecule has 0 spiro atoms. The van der Waals surface area contributed by atoms with Crippen LogP contribution in [0.3, 0.4) is 0 Å². The van der Waals surface area contributed by atoms with E-state index in [-0.39, 0.29) is 18.9 Å². The number of carboxylic acid groups (broad SMARTS) is 1. The second kappa shape index (κ2) is 12.9. The first-order valence-electron chi connectivity index (χ1n) is 16.5. The summed E-state index contributed by atoms with van der Waals surface area (Å²) in [7, 11) is 4.75. The Balaban J connectivity index is 1.21. The third kappa shape index (κ3) is 5.46. The van der Waals surface area contributed by atoms with Gasteiger partial charge in [-0.1, -0.05) is 97.1 Å². The first-order chi connectivity index (χ1) is 23.8. The van der Waals surface area contributed by atoms with Gasteiger partial charge in [-0.2, -0.15) is 0 Å². The number of rotatable bonds is 11. The predicted molar refractivity (Wildman–Crippen MR) is 185 cm³/mol. The maximum atomic E-state index is 13.7. The summed E-state index contributed by atoms with van der Waals surface area (Å²) in [5, 5.41) is 10.7. The zero-order chi connectivity index (χ0) is 34.2. The number of amides is 1. The van der Waals surface area contributed by atoms with E-state index in [0.717, 1.165) is 44.7 Å². The number of aliphatic carboxylic acids is 1. The molecule has 3 aliphatic rings. The van der Waals surface area contributed by atoms with Crippen molar-refractivity contribution >= 4 is 12.1 Å². The lowest BCUT2D eigenvalue weighted by molar-refractivity contribution is -0.147. The highest BCUT2D eigenvalue weighted by molar-refractivity contribution is 5.89. The number of carbonyl (C=O) groups is 2. The van der Waals surface area contributed by atoms with Crippen LogP contribution in [0.2, 0.25) is 0 Å². The number of nitrogens with zero attached hydrogens (tertiary/aromatic N) is 1. The Morgan fingerprint density at radius 3 is 1.98 bits per heavy atom. The van der Waals surface area contributed by atoms with Crippen LogP contribution in [-0.2, 0) is 24.6 Å². The molecule has 3 aliphatic carbocycles. The molecule has 0 radical (unpaired) electrons. The molecule has 8 heteroatoms. The highest BCUT2D eigenvalue weighted by Gasteiger charge is 2.69. The molecular formula is C41H39NO7. The second-order valence-electron chi connectivity index (χ2n) is 12.7. The fraction of sp³-hybridized carbons (Fsp3) is 0.268. The van der Waals surface area contributed by atoms with Crippen molar-refractivity contribution in [3.63, 3.8) is 0 Å². The Labute approximate surface area is 286 Å². The van der Waals surface area contributed by atoms with Gasteiger partial charge in [0.2, 0.25) is 0 Å². The Hall–Kier alpha value is -5.34. The number of fused-ring (bicyclic) bond motifs is 3. The van der Waals surface area contributed by atoms with Gasteiger partial charge in [-0.05, 0) is 63.6 Å². The van der Waals surface area contributed by atoms with Gasteiger partial charge in [0, 0.05) is 25.8 Å². The van der Waals surface area contributed by atoms with Crippen LogP contribution >= 0.6 is 0 Å². The summed E-state index contributed by atoms with van der Waals surface area (Å²) in [4.78, 5) is 28.1. The first kappa shape index (κ1) is 32.2. The van der Waals surface area contributed by atoms with Crippen molar-refractivity contribution in [2.24, 2.45) is 0 Å². The molecule has 250 valence electrons. The smallest absolute Gasteiger partial charge is 0.410 e. The van der Waals surface area contributed by atoms with E-state index in [0.29, 0.717) is 18.6 Å². The molecule has 1 fully saturated rings. The number of methoxy groups -OCH3 is 2. The molecule has 1 N–H and O–H groups in total. The quantitative estimate of drug-likeness (QED) is 0.177. The van der Waals surface area contributed by atoms with E-state index in [2.05, 4.69) is 12.1 Å². The molecule has 8 nitrogen and oxygen atoms in total. The van der Waals surface area contributed by atoms with Crippen molar-refractivity contribution in [2.75, 3.05) is 27.9 Å². The summed E-state index contributed by atoms with van der Waals surface area (Å²) < 4.78 is 24.0. The van der Waals surface area contributed by atoms with Gasteiger partial charge in [-0.25, -0.2) is 9.59 Å². The molecule has 0 aromatic heterocycles. The molecule has 7 rings (SSSR count). The van der Waals surface area contributed by atoms with Gasteiger partial charge in [0.05, 0.1) is 26.1 Å². The van der Waals surface area contributed by atoms with Gasteiger partial charge < -0.3 is 24.1 Å². The van der Waals surface area contributed by atoms with Crippen LogP contribution in [0.25, 0.3) is 11.1 Å².